The van der Waals surface area contributed by atoms with Gasteiger partial charge in [0.15, 0.2) is 5.69 Å². The predicted octanol–water partition coefficient (Wildman–Crippen LogP) is 3.26. The molecule has 0 N–H and O–H groups in total. The zero-order valence-electron chi connectivity index (χ0n) is 17.7. The Labute approximate surface area is 196 Å². The van der Waals surface area contributed by atoms with Crippen LogP contribution in [0.3, 0.4) is 0 Å². The van der Waals surface area contributed by atoms with Crippen molar-refractivity contribution in [1.82, 2.24) is 19.6 Å². The second kappa shape index (κ2) is 9.50. The summed E-state index contributed by atoms with van der Waals surface area (Å²) in [7, 11) is 0. The standard InChI is InChI=1S/C22H24Cl2N4O4/c1-2-32-22(31)14-5-4-8-26(12-14)20(29)18-11-19-21(30)27(9-10-28(19)25-18)13-15-16(23)6-3-7-17(15)24/h3,6-7,11,14H,2,4-5,8-10,12-13H2,1H3/t14-/m0/s1. The minimum Gasteiger partial charge on any atom is -0.466 e. The fourth-order valence-corrected chi connectivity index (χ4v) is 4.66. The van der Waals surface area contributed by atoms with Gasteiger partial charge < -0.3 is 14.5 Å². The fourth-order valence-electron chi connectivity index (χ4n) is 4.14. The Bertz CT molecular complexity index is 1030. The van der Waals surface area contributed by atoms with Crippen LogP contribution in [0.15, 0.2) is 24.3 Å². The lowest BCUT2D eigenvalue weighted by atomic mass is 9.98. The van der Waals surface area contributed by atoms with Crippen LogP contribution >= 0.6 is 23.2 Å². The van der Waals surface area contributed by atoms with E-state index in [-0.39, 0.29) is 35.9 Å². The first-order valence-electron chi connectivity index (χ1n) is 10.6. The molecule has 1 aromatic carbocycles. The number of hydrogen-bond acceptors (Lipinski definition) is 5. The average molecular weight is 479 g/mol. The van der Waals surface area contributed by atoms with E-state index < -0.39 is 0 Å². The van der Waals surface area contributed by atoms with Crippen molar-refractivity contribution < 1.29 is 19.1 Å². The average Bonchev–Trinajstić information content (AvgIpc) is 3.23. The number of halogens is 2. The second-order valence-corrected chi connectivity index (χ2v) is 8.72. The number of benzene rings is 1. The van der Waals surface area contributed by atoms with Crippen molar-refractivity contribution in [3.8, 4) is 0 Å². The summed E-state index contributed by atoms with van der Waals surface area (Å²) in [5, 5.41) is 5.37. The van der Waals surface area contributed by atoms with Gasteiger partial charge in [0.1, 0.15) is 5.69 Å². The number of amides is 2. The van der Waals surface area contributed by atoms with Gasteiger partial charge in [-0.15, -0.1) is 0 Å². The first-order valence-corrected chi connectivity index (χ1v) is 11.4. The summed E-state index contributed by atoms with van der Waals surface area (Å²) in [6.07, 6.45) is 1.41. The molecule has 1 atom stereocenters. The van der Waals surface area contributed by atoms with E-state index in [1.807, 2.05) is 0 Å². The molecule has 0 bridgehead atoms. The smallest absolute Gasteiger partial charge is 0.310 e. The van der Waals surface area contributed by atoms with Crippen LogP contribution in [0.5, 0.6) is 0 Å². The van der Waals surface area contributed by atoms with E-state index in [1.165, 1.54) is 6.07 Å². The molecule has 0 unspecified atom stereocenters. The molecular weight excluding hydrogens is 455 g/mol. The molecule has 32 heavy (non-hydrogen) atoms. The molecule has 2 amide bonds. The maximum Gasteiger partial charge on any atom is 0.310 e. The van der Waals surface area contributed by atoms with Crippen LogP contribution < -0.4 is 0 Å². The number of hydrogen-bond donors (Lipinski definition) is 0. The third kappa shape index (κ3) is 4.47. The van der Waals surface area contributed by atoms with Crippen LogP contribution in [-0.4, -0.2) is 63.6 Å². The number of carbonyl (C=O) groups excluding carboxylic acids is 3. The summed E-state index contributed by atoms with van der Waals surface area (Å²) in [6.45, 7) is 4.08. The molecular formula is C22H24Cl2N4O4. The third-order valence-corrected chi connectivity index (χ3v) is 6.53. The first-order chi connectivity index (χ1) is 15.4. The number of ether oxygens (including phenoxy) is 1. The molecule has 10 heteroatoms. The molecule has 0 radical (unpaired) electrons. The number of nitrogens with zero attached hydrogens (tertiary/aromatic N) is 4. The highest BCUT2D eigenvalue weighted by molar-refractivity contribution is 6.36. The van der Waals surface area contributed by atoms with Gasteiger partial charge in [-0.05, 0) is 31.9 Å². The van der Waals surface area contributed by atoms with E-state index in [9.17, 15) is 14.4 Å². The van der Waals surface area contributed by atoms with E-state index in [2.05, 4.69) is 5.10 Å². The van der Waals surface area contributed by atoms with Gasteiger partial charge in [-0.25, -0.2) is 0 Å². The van der Waals surface area contributed by atoms with Gasteiger partial charge in [0.2, 0.25) is 0 Å². The van der Waals surface area contributed by atoms with Crippen LogP contribution in [0.25, 0.3) is 0 Å². The molecule has 8 nitrogen and oxygen atoms in total. The first kappa shape index (κ1) is 22.6. The number of likely N-dealkylation sites (tertiary alicyclic amines) is 1. The number of rotatable bonds is 5. The SMILES string of the molecule is CCOC(=O)[C@H]1CCCN(C(=O)c2cc3n(n2)CCN(Cc2c(Cl)cccc2Cl)C3=O)C1. The highest BCUT2D eigenvalue weighted by Crippen LogP contribution is 2.27. The number of aromatic nitrogens is 2. The van der Waals surface area contributed by atoms with Crippen LogP contribution in [-0.2, 0) is 22.6 Å². The zero-order valence-corrected chi connectivity index (χ0v) is 19.2. The van der Waals surface area contributed by atoms with Crippen LogP contribution in [0.4, 0.5) is 0 Å². The maximum atomic E-state index is 13.1. The van der Waals surface area contributed by atoms with Crippen LogP contribution in [0.1, 0.15) is 46.3 Å². The Morgan fingerprint density at radius 1 is 1.19 bits per heavy atom. The third-order valence-electron chi connectivity index (χ3n) is 5.83. The number of piperidine rings is 1. The van der Waals surface area contributed by atoms with Gasteiger partial charge in [-0.2, -0.15) is 5.10 Å². The van der Waals surface area contributed by atoms with E-state index >= 15 is 0 Å². The Morgan fingerprint density at radius 2 is 1.94 bits per heavy atom. The second-order valence-electron chi connectivity index (χ2n) is 7.91. The molecule has 0 spiro atoms. The fraction of sp³-hybridized carbons (Fsp3) is 0.455. The highest BCUT2D eigenvalue weighted by Gasteiger charge is 2.33. The Kier molecular flexibility index (Phi) is 6.71. The molecule has 2 aromatic rings. The summed E-state index contributed by atoms with van der Waals surface area (Å²) >= 11 is 12.5. The molecule has 1 aromatic heterocycles. The topological polar surface area (TPSA) is 84.7 Å². The Morgan fingerprint density at radius 3 is 2.66 bits per heavy atom. The van der Waals surface area contributed by atoms with E-state index in [4.69, 9.17) is 27.9 Å². The van der Waals surface area contributed by atoms with Crippen molar-refractivity contribution in [2.24, 2.45) is 5.92 Å². The van der Waals surface area contributed by atoms with Gasteiger partial charge in [-0.3, -0.25) is 19.1 Å². The molecule has 3 heterocycles. The summed E-state index contributed by atoms with van der Waals surface area (Å²) in [4.78, 5) is 41.5. The summed E-state index contributed by atoms with van der Waals surface area (Å²) in [5.74, 6) is -1.13. The van der Waals surface area contributed by atoms with Crippen LogP contribution in [0.2, 0.25) is 10.0 Å². The lowest BCUT2D eigenvalue weighted by molar-refractivity contribution is -0.149. The predicted molar refractivity (Wildman–Crippen MR) is 119 cm³/mol. The molecule has 2 aliphatic heterocycles. The van der Waals surface area contributed by atoms with Crippen molar-refractivity contribution in [3.63, 3.8) is 0 Å². The molecule has 1 fully saturated rings. The highest BCUT2D eigenvalue weighted by atomic mass is 35.5. The largest absolute Gasteiger partial charge is 0.466 e. The van der Waals surface area contributed by atoms with Crippen LogP contribution in [0, 0.1) is 5.92 Å². The summed E-state index contributed by atoms with van der Waals surface area (Å²) in [6, 6.07) is 6.76. The van der Waals surface area contributed by atoms with Gasteiger partial charge in [0.05, 0.1) is 19.1 Å². The van der Waals surface area contributed by atoms with Crippen molar-refractivity contribution >= 4 is 41.0 Å². The number of fused-ring (bicyclic) bond motifs is 1. The van der Waals surface area contributed by atoms with Gasteiger partial charge >= 0.3 is 5.97 Å². The van der Waals surface area contributed by atoms with Crippen molar-refractivity contribution in [1.29, 1.82) is 0 Å². The minimum atomic E-state index is -0.331. The van der Waals surface area contributed by atoms with Gasteiger partial charge in [0, 0.05) is 47.9 Å². The Hall–Kier alpha value is -2.58. The number of carbonyl (C=O) groups is 3. The summed E-state index contributed by atoms with van der Waals surface area (Å²) < 4.78 is 6.67. The van der Waals surface area contributed by atoms with Gasteiger partial charge in [-0.1, -0.05) is 29.3 Å². The maximum absolute atomic E-state index is 13.1. The van der Waals surface area contributed by atoms with Crippen molar-refractivity contribution in [3.05, 3.63) is 51.3 Å². The quantitative estimate of drug-likeness (QED) is 0.615. The lowest BCUT2D eigenvalue weighted by Crippen LogP contribution is -2.43. The molecule has 4 rings (SSSR count). The normalized spacial score (nSPS) is 18.5. The van der Waals surface area contributed by atoms with Crippen molar-refractivity contribution in [2.45, 2.75) is 32.9 Å². The molecule has 2 aliphatic rings. The van der Waals surface area contributed by atoms with Gasteiger partial charge in [0.25, 0.3) is 11.8 Å². The van der Waals surface area contributed by atoms with E-state index in [0.717, 1.165) is 0 Å². The lowest BCUT2D eigenvalue weighted by Gasteiger charge is -2.31. The molecule has 1 saturated heterocycles. The zero-order chi connectivity index (χ0) is 22.8. The number of esters is 1. The minimum absolute atomic E-state index is 0.204. The molecule has 0 aliphatic carbocycles. The molecule has 0 saturated carbocycles. The Balaban J connectivity index is 1.48. The van der Waals surface area contributed by atoms with Crippen molar-refractivity contribution in [2.75, 3.05) is 26.2 Å². The summed E-state index contributed by atoms with van der Waals surface area (Å²) in [5.41, 5.74) is 1.24. The van der Waals surface area contributed by atoms with E-state index in [0.29, 0.717) is 66.9 Å². The molecule has 170 valence electrons. The monoisotopic (exact) mass is 478 g/mol. The van der Waals surface area contributed by atoms with E-state index in [1.54, 1.807) is 39.6 Å².